The van der Waals surface area contributed by atoms with Crippen molar-refractivity contribution in [2.24, 2.45) is 0 Å². The molecule has 0 aromatic heterocycles. The standard InChI is InChI=1S/C14H15ClFNO5S/c1-17(9-5-6-23(20,21)8-9)12(18)7-22-14(19)13-10(15)3-2-4-11(13)16/h2-4,9H,5-8H2,1H3/t9-/m0/s1. The van der Waals surface area contributed by atoms with Gasteiger partial charge in [0.15, 0.2) is 16.4 Å². The number of halogens is 2. The summed E-state index contributed by atoms with van der Waals surface area (Å²) in [6.45, 7) is -0.615. The lowest BCUT2D eigenvalue weighted by atomic mass is 10.2. The molecular formula is C14H15ClFNO5S. The second kappa shape index (κ2) is 6.84. The Hall–Kier alpha value is -1.67. The molecule has 23 heavy (non-hydrogen) atoms. The van der Waals surface area contributed by atoms with Crippen LogP contribution in [0.2, 0.25) is 5.02 Å². The van der Waals surface area contributed by atoms with Crippen LogP contribution in [0.1, 0.15) is 16.8 Å². The molecule has 1 heterocycles. The molecule has 1 saturated heterocycles. The van der Waals surface area contributed by atoms with Gasteiger partial charge in [0.25, 0.3) is 5.91 Å². The Balaban J connectivity index is 1.95. The maximum atomic E-state index is 13.6. The van der Waals surface area contributed by atoms with Gasteiger partial charge in [-0.15, -0.1) is 0 Å². The third-order valence-electron chi connectivity index (χ3n) is 3.64. The first-order chi connectivity index (χ1) is 10.7. The van der Waals surface area contributed by atoms with Crippen LogP contribution in [-0.4, -0.2) is 56.4 Å². The first-order valence-corrected chi connectivity index (χ1v) is 8.98. The smallest absolute Gasteiger partial charge is 0.343 e. The minimum Gasteiger partial charge on any atom is -0.452 e. The first-order valence-electron chi connectivity index (χ1n) is 6.78. The molecule has 0 N–H and O–H groups in total. The number of benzene rings is 1. The molecule has 9 heteroatoms. The van der Waals surface area contributed by atoms with E-state index in [4.69, 9.17) is 16.3 Å². The molecule has 0 spiro atoms. The average molecular weight is 364 g/mol. The number of sulfone groups is 1. The van der Waals surface area contributed by atoms with Crippen LogP contribution in [0.3, 0.4) is 0 Å². The third-order valence-corrected chi connectivity index (χ3v) is 5.71. The normalized spacial score (nSPS) is 19.3. The van der Waals surface area contributed by atoms with Crippen LogP contribution in [0.5, 0.6) is 0 Å². The van der Waals surface area contributed by atoms with Gasteiger partial charge in [0, 0.05) is 13.1 Å². The fourth-order valence-electron chi connectivity index (χ4n) is 2.28. The fourth-order valence-corrected chi connectivity index (χ4v) is 4.29. The number of hydrogen-bond acceptors (Lipinski definition) is 5. The molecule has 0 radical (unpaired) electrons. The second-order valence-corrected chi connectivity index (χ2v) is 7.87. The quantitative estimate of drug-likeness (QED) is 0.753. The molecule has 1 amide bonds. The molecule has 1 aromatic rings. The number of nitrogens with zero attached hydrogens (tertiary/aromatic N) is 1. The van der Waals surface area contributed by atoms with Gasteiger partial charge in [0.1, 0.15) is 11.4 Å². The third kappa shape index (κ3) is 4.20. The van der Waals surface area contributed by atoms with Crippen molar-refractivity contribution in [3.05, 3.63) is 34.6 Å². The second-order valence-electron chi connectivity index (χ2n) is 5.23. The van der Waals surface area contributed by atoms with Crippen LogP contribution < -0.4 is 0 Å². The molecule has 1 aliphatic rings. The molecule has 1 atom stereocenters. The highest BCUT2D eigenvalue weighted by atomic mass is 35.5. The highest BCUT2D eigenvalue weighted by Crippen LogP contribution is 2.20. The summed E-state index contributed by atoms with van der Waals surface area (Å²) in [5, 5.41) is -0.113. The minimum atomic E-state index is -3.13. The molecule has 1 aliphatic heterocycles. The average Bonchev–Trinajstić information content (AvgIpc) is 2.84. The number of hydrogen-bond donors (Lipinski definition) is 0. The van der Waals surface area contributed by atoms with Crippen molar-refractivity contribution in [2.75, 3.05) is 25.2 Å². The van der Waals surface area contributed by atoms with Gasteiger partial charge < -0.3 is 9.64 Å². The summed E-state index contributed by atoms with van der Waals surface area (Å²) >= 11 is 5.73. The summed E-state index contributed by atoms with van der Waals surface area (Å²) in [7, 11) is -1.69. The molecule has 126 valence electrons. The van der Waals surface area contributed by atoms with E-state index >= 15 is 0 Å². The van der Waals surface area contributed by atoms with Gasteiger partial charge in [-0.2, -0.15) is 0 Å². The zero-order valence-electron chi connectivity index (χ0n) is 12.3. The van der Waals surface area contributed by atoms with Crippen LogP contribution >= 0.6 is 11.6 Å². The van der Waals surface area contributed by atoms with E-state index in [2.05, 4.69) is 0 Å². The lowest BCUT2D eigenvalue weighted by Gasteiger charge is -2.23. The van der Waals surface area contributed by atoms with E-state index in [0.717, 1.165) is 6.07 Å². The van der Waals surface area contributed by atoms with E-state index in [9.17, 15) is 22.4 Å². The summed E-state index contributed by atoms with van der Waals surface area (Å²) in [5.74, 6) is -2.53. The zero-order chi connectivity index (χ0) is 17.2. The summed E-state index contributed by atoms with van der Waals surface area (Å²) in [6, 6.07) is 3.29. The molecule has 2 rings (SSSR count). The lowest BCUT2D eigenvalue weighted by molar-refractivity contribution is -0.134. The van der Waals surface area contributed by atoms with Crippen molar-refractivity contribution in [2.45, 2.75) is 12.5 Å². The Labute approximate surface area is 138 Å². The number of carbonyl (C=O) groups is 2. The van der Waals surface area contributed by atoms with Gasteiger partial charge in [0.2, 0.25) is 0 Å². The van der Waals surface area contributed by atoms with E-state index in [1.165, 1.54) is 24.1 Å². The number of likely N-dealkylation sites (N-methyl/N-ethyl adjacent to an activating group) is 1. The topological polar surface area (TPSA) is 80.8 Å². The summed E-state index contributed by atoms with van der Waals surface area (Å²) in [6.07, 6.45) is 0.345. The maximum Gasteiger partial charge on any atom is 0.343 e. The molecule has 1 fully saturated rings. The first kappa shape index (κ1) is 17.7. The highest BCUT2D eigenvalue weighted by Gasteiger charge is 2.33. The number of amides is 1. The minimum absolute atomic E-state index is 0.0277. The van der Waals surface area contributed by atoms with Gasteiger partial charge >= 0.3 is 5.97 Å². The molecule has 6 nitrogen and oxygen atoms in total. The van der Waals surface area contributed by atoms with Gasteiger partial charge in [-0.1, -0.05) is 17.7 Å². The number of carbonyl (C=O) groups excluding carboxylic acids is 2. The molecule has 0 unspecified atom stereocenters. The Morgan fingerprint density at radius 3 is 2.70 bits per heavy atom. The van der Waals surface area contributed by atoms with Crippen LogP contribution in [0.25, 0.3) is 0 Å². The number of esters is 1. The van der Waals surface area contributed by atoms with Gasteiger partial charge in [-0.05, 0) is 18.6 Å². The Bertz CT molecular complexity index is 716. The van der Waals surface area contributed by atoms with Crippen molar-refractivity contribution >= 4 is 33.3 Å². The van der Waals surface area contributed by atoms with Crippen molar-refractivity contribution in [1.82, 2.24) is 4.90 Å². The van der Waals surface area contributed by atoms with E-state index in [-0.39, 0.29) is 16.5 Å². The number of ether oxygens (including phenoxy) is 1. The SMILES string of the molecule is CN(C(=O)COC(=O)c1c(F)cccc1Cl)[C@H]1CCS(=O)(=O)C1. The molecule has 0 saturated carbocycles. The van der Waals surface area contributed by atoms with Crippen molar-refractivity contribution in [3.8, 4) is 0 Å². The molecule has 0 bridgehead atoms. The van der Waals surface area contributed by atoms with Crippen molar-refractivity contribution < 1.29 is 27.1 Å². The highest BCUT2D eigenvalue weighted by molar-refractivity contribution is 7.91. The summed E-state index contributed by atoms with van der Waals surface area (Å²) in [4.78, 5) is 25.0. The monoisotopic (exact) mass is 363 g/mol. The Kier molecular flexibility index (Phi) is 5.26. The largest absolute Gasteiger partial charge is 0.452 e. The fraction of sp³-hybridized carbons (Fsp3) is 0.429. The van der Waals surface area contributed by atoms with E-state index < -0.39 is 45.7 Å². The zero-order valence-corrected chi connectivity index (χ0v) is 13.9. The summed E-state index contributed by atoms with van der Waals surface area (Å²) in [5.41, 5.74) is -0.437. The molecule has 0 aliphatic carbocycles. The van der Waals surface area contributed by atoms with Gasteiger partial charge in [0.05, 0.1) is 16.5 Å². The van der Waals surface area contributed by atoms with E-state index in [1.807, 2.05) is 0 Å². The van der Waals surface area contributed by atoms with Crippen LogP contribution in [0.4, 0.5) is 4.39 Å². The predicted molar refractivity (Wildman–Crippen MR) is 81.5 cm³/mol. The van der Waals surface area contributed by atoms with Gasteiger partial charge in [-0.3, -0.25) is 4.79 Å². The Morgan fingerprint density at radius 2 is 2.13 bits per heavy atom. The molecular weight excluding hydrogens is 349 g/mol. The van der Waals surface area contributed by atoms with Crippen LogP contribution in [-0.2, 0) is 19.4 Å². The van der Waals surface area contributed by atoms with Gasteiger partial charge in [-0.25, -0.2) is 17.6 Å². The predicted octanol–water partition coefficient (Wildman–Crippen LogP) is 1.28. The number of rotatable bonds is 4. The van der Waals surface area contributed by atoms with E-state index in [1.54, 1.807) is 0 Å². The maximum absolute atomic E-state index is 13.6. The molecule has 1 aromatic carbocycles. The summed E-state index contributed by atoms with van der Waals surface area (Å²) < 4.78 is 41.2. The van der Waals surface area contributed by atoms with Crippen molar-refractivity contribution in [1.29, 1.82) is 0 Å². The van der Waals surface area contributed by atoms with Crippen LogP contribution in [0, 0.1) is 5.82 Å². The van der Waals surface area contributed by atoms with Crippen LogP contribution in [0.15, 0.2) is 18.2 Å². The van der Waals surface area contributed by atoms with Crippen molar-refractivity contribution in [3.63, 3.8) is 0 Å². The lowest BCUT2D eigenvalue weighted by Crippen LogP contribution is -2.40. The van der Waals surface area contributed by atoms with E-state index in [0.29, 0.717) is 6.42 Å². The Morgan fingerprint density at radius 1 is 1.43 bits per heavy atom.